The molecule has 2 heterocycles. The molecule has 3 heteroatoms. The molecule has 1 aliphatic rings. The molecule has 0 radical (unpaired) electrons. The Morgan fingerprint density at radius 3 is 1.94 bits per heavy atom. The van der Waals surface area contributed by atoms with E-state index >= 15 is 0 Å². The first kappa shape index (κ1) is 11.4. The lowest BCUT2D eigenvalue weighted by atomic mass is 10.1. The Morgan fingerprint density at radius 1 is 0.875 bits per heavy atom. The molecular formula is C13H21N3. The number of anilines is 1. The second-order valence-corrected chi connectivity index (χ2v) is 4.71. The van der Waals surface area contributed by atoms with E-state index in [0.717, 1.165) is 30.4 Å². The maximum atomic E-state index is 4.54. The van der Waals surface area contributed by atoms with Crippen molar-refractivity contribution in [1.29, 1.82) is 0 Å². The lowest BCUT2D eigenvalue weighted by molar-refractivity contribution is 0.550. The van der Waals surface area contributed by atoms with Crippen molar-refractivity contribution >= 4 is 5.95 Å². The molecule has 16 heavy (non-hydrogen) atoms. The minimum Gasteiger partial charge on any atom is -0.341 e. The molecule has 0 atom stereocenters. The SMILES string of the molecule is Cc1cc(C)nc(N2CCCCCCC2)n1. The van der Waals surface area contributed by atoms with Crippen LogP contribution in [0.25, 0.3) is 0 Å². The molecule has 1 aliphatic heterocycles. The quantitative estimate of drug-likeness (QED) is 0.727. The molecule has 1 saturated heterocycles. The number of aryl methyl sites for hydroxylation is 2. The summed E-state index contributed by atoms with van der Waals surface area (Å²) in [6, 6.07) is 2.04. The summed E-state index contributed by atoms with van der Waals surface area (Å²) in [4.78, 5) is 11.4. The molecule has 0 bridgehead atoms. The summed E-state index contributed by atoms with van der Waals surface area (Å²) in [5.41, 5.74) is 2.15. The van der Waals surface area contributed by atoms with Crippen LogP contribution in [0.2, 0.25) is 0 Å². The fraction of sp³-hybridized carbons (Fsp3) is 0.692. The summed E-state index contributed by atoms with van der Waals surface area (Å²) in [5.74, 6) is 0.930. The second-order valence-electron chi connectivity index (χ2n) is 4.71. The van der Waals surface area contributed by atoms with Crippen LogP contribution in [0, 0.1) is 13.8 Å². The normalized spacial score (nSPS) is 18.0. The van der Waals surface area contributed by atoms with E-state index in [1.807, 2.05) is 19.9 Å². The van der Waals surface area contributed by atoms with E-state index < -0.39 is 0 Å². The van der Waals surface area contributed by atoms with Crippen molar-refractivity contribution < 1.29 is 0 Å². The highest BCUT2D eigenvalue weighted by atomic mass is 15.2. The van der Waals surface area contributed by atoms with Gasteiger partial charge in [-0.1, -0.05) is 19.3 Å². The third-order valence-electron chi connectivity index (χ3n) is 3.11. The Balaban J connectivity index is 2.13. The minimum absolute atomic E-state index is 0.930. The summed E-state index contributed by atoms with van der Waals surface area (Å²) < 4.78 is 0. The zero-order valence-electron chi connectivity index (χ0n) is 10.4. The first-order valence-electron chi connectivity index (χ1n) is 6.33. The second kappa shape index (κ2) is 5.28. The van der Waals surface area contributed by atoms with Gasteiger partial charge < -0.3 is 4.90 Å². The molecule has 1 aromatic rings. The van der Waals surface area contributed by atoms with Crippen molar-refractivity contribution in [3.63, 3.8) is 0 Å². The predicted octanol–water partition coefficient (Wildman–Crippen LogP) is 2.86. The van der Waals surface area contributed by atoms with E-state index in [1.165, 1.54) is 32.1 Å². The molecule has 0 aromatic carbocycles. The Hall–Kier alpha value is -1.12. The number of aromatic nitrogens is 2. The first-order valence-corrected chi connectivity index (χ1v) is 6.33. The van der Waals surface area contributed by atoms with Gasteiger partial charge in [-0.15, -0.1) is 0 Å². The molecular weight excluding hydrogens is 198 g/mol. The average Bonchev–Trinajstić information content (AvgIpc) is 2.14. The van der Waals surface area contributed by atoms with Crippen LogP contribution in [0.1, 0.15) is 43.5 Å². The van der Waals surface area contributed by atoms with Gasteiger partial charge in [0.15, 0.2) is 0 Å². The van der Waals surface area contributed by atoms with E-state index in [9.17, 15) is 0 Å². The maximum absolute atomic E-state index is 4.54. The van der Waals surface area contributed by atoms with Gasteiger partial charge in [0, 0.05) is 24.5 Å². The van der Waals surface area contributed by atoms with Gasteiger partial charge in [0.05, 0.1) is 0 Å². The minimum atomic E-state index is 0.930. The highest BCUT2D eigenvalue weighted by Gasteiger charge is 2.11. The summed E-state index contributed by atoms with van der Waals surface area (Å²) >= 11 is 0. The van der Waals surface area contributed by atoms with Gasteiger partial charge in [-0.3, -0.25) is 0 Å². The molecule has 1 fully saturated rings. The van der Waals surface area contributed by atoms with Gasteiger partial charge in [0.2, 0.25) is 5.95 Å². The Labute approximate surface area is 97.9 Å². The van der Waals surface area contributed by atoms with Crippen LogP contribution in [-0.4, -0.2) is 23.1 Å². The predicted molar refractivity (Wildman–Crippen MR) is 66.8 cm³/mol. The van der Waals surface area contributed by atoms with E-state index in [2.05, 4.69) is 14.9 Å². The van der Waals surface area contributed by atoms with Gasteiger partial charge in [-0.25, -0.2) is 9.97 Å². The van der Waals surface area contributed by atoms with Crippen LogP contribution in [0.3, 0.4) is 0 Å². The van der Waals surface area contributed by atoms with E-state index in [1.54, 1.807) is 0 Å². The molecule has 2 rings (SSSR count). The molecule has 0 unspecified atom stereocenters. The molecule has 0 saturated carbocycles. The Kier molecular flexibility index (Phi) is 3.75. The van der Waals surface area contributed by atoms with Gasteiger partial charge in [-0.2, -0.15) is 0 Å². The van der Waals surface area contributed by atoms with E-state index in [0.29, 0.717) is 0 Å². The molecule has 0 aliphatic carbocycles. The summed E-state index contributed by atoms with van der Waals surface area (Å²) in [5, 5.41) is 0. The number of hydrogen-bond donors (Lipinski definition) is 0. The van der Waals surface area contributed by atoms with E-state index in [-0.39, 0.29) is 0 Å². The lowest BCUT2D eigenvalue weighted by Gasteiger charge is -2.25. The number of rotatable bonds is 1. The average molecular weight is 219 g/mol. The maximum Gasteiger partial charge on any atom is 0.225 e. The van der Waals surface area contributed by atoms with Crippen LogP contribution in [0.15, 0.2) is 6.07 Å². The number of nitrogens with zero attached hydrogens (tertiary/aromatic N) is 3. The van der Waals surface area contributed by atoms with Crippen molar-refractivity contribution in [3.05, 3.63) is 17.5 Å². The van der Waals surface area contributed by atoms with Crippen molar-refractivity contribution in [2.45, 2.75) is 46.0 Å². The molecule has 0 N–H and O–H groups in total. The lowest BCUT2D eigenvalue weighted by Crippen LogP contribution is -2.29. The van der Waals surface area contributed by atoms with Crippen LogP contribution in [0.5, 0.6) is 0 Å². The van der Waals surface area contributed by atoms with Crippen molar-refractivity contribution in [2.75, 3.05) is 18.0 Å². The van der Waals surface area contributed by atoms with Crippen molar-refractivity contribution in [1.82, 2.24) is 9.97 Å². The summed E-state index contributed by atoms with van der Waals surface area (Å²) in [7, 11) is 0. The third kappa shape index (κ3) is 2.94. The first-order chi connectivity index (χ1) is 7.75. The van der Waals surface area contributed by atoms with Gasteiger partial charge in [-0.05, 0) is 32.8 Å². The summed E-state index contributed by atoms with van der Waals surface area (Å²) in [6.07, 6.45) is 6.64. The monoisotopic (exact) mass is 219 g/mol. The zero-order chi connectivity index (χ0) is 11.4. The summed E-state index contributed by atoms with van der Waals surface area (Å²) in [6.45, 7) is 6.32. The topological polar surface area (TPSA) is 29.0 Å². The zero-order valence-corrected chi connectivity index (χ0v) is 10.4. The van der Waals surface area contributed by atoms with Crippen LogP contribution in [-0.2, 0) is 0 Å². The Bertz CT molecular complexity index is 321. The standard InChI is InChI=1S/C13H21N3/c1-11-10-12(2)15-13(14-11)16-8-6-4-3-5-7-9-16/h10H,3-9H2,1-2H3. The van der Waals surface area contributed by atoms with Crippen LogP contribution >= 0.6 is 0 Å². The van der Waals surface area contributed by atoms with Crippen LogP contribution in [0.4, 0.5) is 5.95 Å². The Morgan fingerprint density at radius 2 is 1.38 bits per heavy atom. The smallest absolute Gasteiger partial charge is 0.225 e. The van der Waals surface area contributed by atoms with Crippen LogP contribution < -0.4 is 4.90 Å². The fourth-order valence-corrected chi connectivity index (χ4v) is 2.30. The largest absolute Gasteiger partial charge is 0.341 e. The van der Waals surface area contributed by atoms with Gasteiger partial charge >= 0.3 is 0 Å². The fourth-order valence-electron chi connectivity index (χ4n) is 2.30. The van der Waals surface area contributed by atoms with Crippen molar-refractivity contribution in [3.8, 4) is 0 Å². The van der Waals surface area contributed by atoms with Gasteiger partial charge in [0.25, 0.3) is 0 Å². The highest BCUT2D eigenvalue weighted by molar-refractivity contribution is 5.32. The molecule has 88 valence electrons. The number of hydrogen-bond acceptors (Lipinski definition) is 3. The van der Waals surface area contributed by atoms with E-state index in [4.69, 9.17) is 0 Å². The van der Waals surface area contributed by atoms with Crippen molar-refractivity contribution in [2.24, 2.45) is 0 Å². The highest BCUT2D eigenvalue weighted by Crippen LogP contribution is 2.16. The molecule has 1 aromatic heterocycles. The van der Waals surface area contributed by atoms with Gasteiger partial charge in [0.1, 0.15) is 0 Å². The molecule has 0 spiro atoms. The molecule has 0 amide bonds. The third-order valence-corrected chi connectivity index (χ3v) is 3.11. The molecule has 3 nitrogen and oxygen atoms in total.